The number of fused-ring (bicyclic) bond motifs is 1. The first-order valence-electron chi connectivity index (χ1n) is 9.98. The highest BCUT2D eigenvalue weighted by atomic mass is 35.5. The van der Waals surface area contributed by atoms with Crippen molar-refractivity contribution in [3.63, 3.8) is 0 Å². The van der Waals surface area contributed by atoms with E-state index >= 15 is 0 Å². The van der Waals surface area contributed by atoms with Crippen molar-refractivity contribution in [1.82, 2.24) is 15.2 Å². The number of pyridine rings is 1. The van der Waals surface area contributed by atoms with E-state index in [0.29, 0.717) is 22.5 Å². The Labute approximate surface area is 190 Å². The maximum absolute atomic E-state index is 6.36. The number of H-pyrrole nitrogens is 1. The van der Waals surface area contributed by atoms with Crippen LogP contribution in [-0.2, 0) is 0 Å². The van der Waals surface area contributed by atoms with Crippen molar-refractivity contribution >= 4 is 34.1 Å². The van der Waals surface area contributed by atoms with Gasteiger partial charge < -0.3 is 9.47 Å². The predicted octanol–water partition coefficient (Wildman–Crippen LogP) is 5.38. The smallest absolute Gasteiger partial charge is 0.423 e. The van der Waals surface area contributed by atoms with Gasteiger partial charge in [-0.2, -0.15) is 4.57 Å². The van der Waals surface area contributed by atoms with Gasteiger partial charge in [0.2, 0.25) is 0 Å². The second-order valence-corrected chi connectivity index (χ2v) is 8.56. The number of nitrogens with zero attached hydrogens (tertiary/aromatic N) is 3. The quantitative estimate of drug-likeness (QED) is 0.299. The van der Waals surface area contributed by atoms with E-state index in [1.165, 1.54) is 0 Å². The molecule has 2 aromatic carbocycles. The summed E-state index contributed by atoms with van der Waals surface area (Å²) in [5.41, 5.74) is 2.91. The Balaban J connectivity index is 2.03. The van der Waals surface area contributed by atoms with E-state index in [2.05, 4.69) is 27.8 Å². The molecule has 0 saturated heterocycles. The number of nitrogens with one attached hydrogen (secondary N) is 1. The van der Waals surface area contributed by atoms with Crippen LogP contribution in [0.15, 0.2) is 47.6 Å². The molecule has 0 radical (unpaired) electrons. The average Bonchev–Trinajstić information content (AvgIpc) is 3.24. The Bertz CT molecular complexity index is 1240. The minimum absolute atomic E-state index is 0.655. The van der Waals surface area contributed by atoms with Gasteiger partial charge in [0.25, 0.3) is 5.16 Å². The molecule has 2 aromatic heterocycles. The molecular weight excluding hydrogens is 432 g/mol. The van der Waals surface area contributed by atoms with Crippen LogP contribution in [0.3, 0.4) is 0 Å². The highest BCUT2D eigenvalue weighted by Crippen LogP contribution is 2.37. The van der Waals surface area contributed by atoms with E-state index in [-0.39, 0.29) is 0 Å². The molecule has 6 nitrogen and oxygen atoms in total. The van der Waals surface area contributed by atoms with Gasteiger partial charge in [-0.3, -0.25) is 0 Å². The molecule has 2 heterocycles. The summed E-state index contributed by atoms with van der Waals surface area (Å²) in [6, 6.07) is 13.9. The fourth-order valence-electron chi connectivity index (χ4n) is 3.60. The monoisotopic (exact) mass is 455 g/mol. The van der Waals surface area contributed by atoms with Gasteiger partial charge in [0.15, 0.2) is 11.5 Å². The largest absolute Gasteiger partial charge is 0.493 e. The number of thioether (sulfide) groups is 1. The van der Waals surface area contributed by atoms with E-state index < -0.39 is 0 Å². The van der Waals surface area contributed by atoms with Gasteiger partial charge in [0, 0.05) is 21.7 Å². The second kappa shape index (κ2) is 9.16. The third kappa shape index (κ3) is 4.20. The van der Waals surface area contributed by atoms with Crippen molar-refractivity contribution in [1.29, 1.82) is 0 Å². The molecule has 0 atom stereocenters. The van der Waals surface area contributed by atoms with Crippen LogP contribution >= 0.6 is 23.4 Å². The van der Waals surface area contributed by atoms with Gasteiger partial charge in [-0.1, -0.05) is 47.5 Å². The summed E-state index contributed by atoms with van der Waals surface area (Å²) in [6.45, 7) is 4.19. The van der Waals surface area contributed by atoms with Crippen LogP contribution in [0, 0.1) is 6.92 Å². The van der Waals surface area contributed by atoms with E-state index in [9.17, 15) is 0 Å². The third-order valence-electron chi connectivity index (χ3n) is 4.95. The molecule has 160 valence electrons. The summed E-state index contributed by atoms with van der Waals surface area (Å²) in [5.74, 6) is 2.96. The number of hydrogen-bond acceptors (Lipinski definition) is 5. The van der Waals surface area contributed by atoms with Crippen molar-refractivity contribution in [2.24, 2.45) is 0 Å². The number of benzene rings is 2. The van der Waals surface area contributed by atoms with E-state index in [1.807, 2.05) is 43.3 Å². The van der Waals surface area contributed by atoms with Crippen molar-refractivity contribution in [2.45, 2.75) is 25.4 Å². The first-order valence-corrected chi connectivity index (χ1v) is 11.3. The molecule has 0 unspecified atom stereocenters. The summed E-state index contributed by atoms with van der Waals surface area (Å²) in [4.78, 5) is 4.74. The van der Waals surface area contributed by atoms with Crippen LogP contribution in [-0.4, -0.2) is 35.2 Å². The normalized spacial score (nSPS) is 11.1. The summed E-state index contributed by atoms with van der Waals surface area (Å²) < 4.78 is 13.2. The van der Waals surface area contributed by atoms with Gasteiger partial charge in [-0.05, 0) is 54.0 Å². The molecule has 0 saturated carbocycles. The van der Waals surface area contributed by atoms with Crippen molar-refractivity contribution in [3.8, 4) is 28.7 Å². The zero-order valence-electron chi connectivity index (χ0n) is 17.9. The number of ether oxygens (including phenoxy) is 2. The first kappa shape index (κ1) is 21.5. The molecule has 8 heteroatoms. The maximum Gasteiger partial charge on any atom is 0.423 e. The highest BCUT2D eigenvalue weighted by Gasteiger charge is 2.24. The van der Waals surface area contributed by atoms with Crippen LogP contribution in [0.25, 0.3) is 28.0 Å². The van der Waals surface area contributed by atoms with Crippen LogP contribution in [0.5, 0.6) is 11.5 Å². The SMILES string of the molecule is CCCSc1n[nH]c(-[n+]2c(C)cc3cc(OC)c(OC)cc3c2-c2cccc(Cl)c2)n1. The zero-order chi connectivity index (χ0) is 22.0. The number of aromatic amines is 1. The number of hydrogen-bond donors (Lipinski definition) is 1. The fourth-order valence-corrected chi connectivity index (χ4v) is 4.43. The van der Waals surface area contributed by atoms with E-state index in [1.54, 1.807) is 26.0 Å². The zero-order valence-corrected chi connectivity index (χ0v) is 19.5. The summed E-state index contributed by atoms with van der Waals surface area (Å²) in [5, 5.41) is 10.9. The van der Waals surface area contributed by atoms with E-state index in [0.717, 1.165) is 45.1 Å². The molecule has 0 bridgehead atoms. The molecule has 0 aliphatic heterocycles. The van der Waals surface area contributed by atoms with Crippen LogP contribution in [0.4, 0.5) is 0 Å². The highest BCUT2D eigenvalue weighted by molar-refractivity contribution is 7.99. The third-order valence-corrected chi connectivity index (χ3v) is 6.24. The van der Waals surface area contributed by atoms with E-state index in [4.69, 9.17) is 26.1 Å². The van der Waals surface area contributed by atoms with Gasteiger partial charge in [-0.15, -0.1) is 5.10 Å². The average molecular weight is 456 g/mol. The lowest BCUT2D eigenvalue weighted by molar-refractivity contribution is -0.597. The molecule has 4 rings (SSSR count). The molecule has 31 heavy (non-hydrogen) atoms. The molecule has 0 aliphatic rings. The predicted molar refractivity (Wildman–Crippen MR) is 125 cm³/mol. The van der Waals surface area contributed by atoms with Gasteiger partial charge in [0.1, 0.15) is 5.69 Å². The number of halogens is 1. The fraction of sp³-hybridized carbons (Fsp3) is 0.261. The minimum atomic E-state index is 0.655. The van der Waals surface area contributed by atoms with Gasteiger partial charge in [0.05, 0.1) is 19.9 Å². The van der Waals surface area contributed by atoms with Gasteiger partial charge >= 0.3 is 5.95 Å². The van der Waals surface area contributed by atoms with Crippen LogP contribution in [0.1, 0.15) is 19.0 Å². The second-order valence-electron chi connectivity index (χ2n) is 7.06. The molecule has 4 aromatic rings. The Hall–Kier alpha value is -2.77. The Morgan fingerprint density at radius 2 is 1.87 bits per heavy atom. The lowest BCUT2D eigenvalue weighted by atomic mass is 10.0. The van der Waals surface area contributed by atoms with Crippen molar-refractivity contribution in [3.05, 3.63) is 53.2 Å². The Kier molecular flexibility index (Phi) is 6.34. The first-order chi connectivity index (χ1) is 15.0. The molecule has 0 spiro atoms. The Morgan fingerprint density at radius 3 is 2.58 bits per heavy atom. The molecule has 0 amide bonds. The number of aromatic nitrogens is 4. The number of methoxy groups -OCH3 is 2. The van der Waals surface area contributed by atoms with Crippen molar-refractivity contribution < 1.29 is 14.0 Å². The summed E-state index contributed by atoms with van der Waals surface area (Å²) >= 11 is 7.99. The number of rotatable bonds is 7. The topological polar surface area (TPSA) is 63.9 Å². The van der Waals surface area contributed by atoms with Crippen molar-refractivity contribution in [2.75, 3.05) is 20.0 Å². The molecule has 1 N–H and O–H groups in total. The minimum Gasteiger partial charge on any atom is -0.493 e. The van der Waals surface area contributed by atoms with Crippen LogP contribution in [0.2, 0.25) is 5.02 Å². The van der Waals surface area contributed by atoms with Crippen LogP contribution < -0.4 is 14.0 Å². The molecule has 0 fully saturated rings. The maximum atomic E-state index is 6.36. The lowest BCUT2D eigenvalue weighted by Crippen LogP contribution is -2.38. The standard InChI is InChI=1S/C23H24ClN4O2S/c1-5-9-31-23-25-22(26-27-23)28-14(2)10-16-12-19(29-3)20(30-4)13-18(16)21(28)15-7-6-8-17(24)11-15/h6-8,10-13H,5,9H2,1-4H3,(H,25,26,27)/q+1. The summed E-state index contributed by atoms with van der Waals surface area (Å²) in [7, 11) is 3.28. The summed E-state index contributed by atoms with van der Waals surface area (Å²) in [6.07, 6.45) is 1.06. The molecule has 0 aliphatic carbocycles. The lowest BCUT2D eigenvalue weighted by Gasteiger charge is -2.15. The van der Waals surface area contributed by atoms with Gasteiger partial charge in [-0.25, -0.2) is 0 Å². The number of aryl methyl sites for hydroxylation is 1. The molecular formula is C23H24ClN4O2S+. The Morgan fingerprint density at radius 1 is 1.10 bits per heavy atom.